The van der Waals surface area contributed by atoms with E-state index in [0.717, 1.165) is 5.56 Å². The SMILES string of the molecule is CC(C)(C)C=Cc1ccccc1C(=O)O. The van der Waals surface area contributed by atoms with Gasteiger partial charge in [0.25, 0.3) is 0 Å². The molecule has 0 atom stereocenters. The fourth-order valence-electron chi connectivity index (χ4n) is 1.18. The Balaban J connectivity index is 3.05. The third kappa shape index (κ3) is 3.58. The van der Waals surface area contributed by atoms with Crippen LogP contribution in [0.1, 0.15) is 36.7 Å². The first kappa shape index (κ1) is 11.5. The van der Waals surface area contributed by atoms with Gasteiger partial charge >= 0.3 is 5.97 Å². The molecular weight excluding hydrogens is 188 g/mol. The van der Waals surface area contributed by atoms with Gasteiger partial charge in [0.1, 0.15) is 0 Å². The number of benzene rings is 1. The van der Waals surface area contributed by atoms with E-state index in [-0.39, 0.29) is 5.41 Å². The standard InChI is InChI=1S/C13H16O2/c1-13(2,3)9-8-10-6-4-5-7-11(10)12(14)15/h4-9H,1-3H3,(H,14,15). The average molecular weight is 204 g/mol. The van der Waals surface area contributed by atoms with Crippen molar-refractivity contribution in [3.8, 4) is 0 Å². The lowest BCUT2D eigenvalue weighted by Crippen LogP contribution is -2.01. The van der Waals surface area contributed by atoms with Gasteiger partial charge in [-0.15, -0.1) is 0 Å². The first-order valence-electron chi connectivity index (χ1n) is 4.92. The summed E-state index contributed by atoms with van der Waals surface area (Å²) in [5.74, 6) is -0.885. The van der Waals surface area contributed by atoms with Crippen molar-refractivity contribution in [2.75, 3.05) is 0 Å². The van der Waals surface area contributed by atoms with Crippen LogP contribution in [0.2, 0.25) is 0 Å². The molecule has 15 heavy (non-hydrogen) atoms. The Morgan fingerprint density at radius 3 is 2.40 bits per heavy atom. The summed E-state index contributed by atoms with van der Waals surface area (Å²) in [6.07, 6.45) is 3.87. The van der Waals surface area contributed by atoms with Crippen LogP contribution in [-0.4, -0.2) is 11.1 Å². The Hall–Kier alpha value is -1.57. The van der Waals surface area contributed by atoms with E-state index >= 15 is 0 Å². The second-order valence-corrected chi connectivity index (χ2v) is 4.59. The van der Waals surface area contributed by atoms with Crippen molar-refractivity contribution in [1.29, 1.82) is 0 Å². The van der Waals surface area contributed by atoms with Crippen LogP contribution in [0.25, 0.3) is 6.08 Å². The van der Waals surface area contributed by atoms with Gasteiger partial charge in [-0.05, 0) is 17.0 Å². The van der Waals surface area contributed by atoms with E-state index in [4.69, 9.17) is 5.11 Å². The summed E-state index contributed by atoms with van der Waals surface area (Å²) in [6, 6.07) is 7.00. The smallest absolute Gasteiger partial charge is 0.336 e. The Bertz CT molecular complexity index is 384. The molecule has 0 saturated carbocycles. The largest absolute Gasteiger partial charge is 0.478 e. The number of hydrogen-bond donors (Lipinski definition) is 1. The van der Waals surface area contributed by atoms with Gasteiger partial charge in [0.15, 0.2) is 0 Å². The maximum Gasteiger partial charge on any atom is 0.336 e. The summed E-state index contributed by atoms with van der Waals surface area (Å²) in [7, 11) is 0. The Morgan fingerprint density at radius 2 is 1.87 bits per heavy atom. The normalized spacial score (nSPS) is 11.9. The minimum absolute atomic E-state index is 0.0611. The lowest BCUT2D eigenvalue weighted by atomic mass is 9.94. The monoisotopic (exact) mass is 204 g/mol. The van der Waals surface area contributed by atoms with E-state index < -0.39 is 5.97 Å². The van der Waals surface area contributed by atoms with Crippen LogP contribution in [0.5, 0.6) is 0 Å². The van der Waals surface area contributed by atoms with Gasteiger partial charge in [0.2, 0.25) is 0 Å². The molecule has 1 rings (SSSR count). The summed E-state index contributed by atoms with van der Waals surface area (Å²) >= 11 is 0. The Labute approximate surface area is 90.3 Å². The van der Waals surface area contributed by atoms with Gasteiger partial charge in [-0.2, -0.15) is 0 Å². The van der Waals surface area contributed by atoms with Crippen molar-refractivity contribution in [3.05, 3.63) is 41.5 Å². The van der Waals surface area contributed by atoms with E-state index in [0.29, 0.717) is 5.56 Å². The number of carboxylic acid groups (broad SMARTS) is 1. The average Bonchev–Trinajstić information content (AvgIpc) is 2.14. The second kappa shape index (κ2) is 4.30. The van der Waals surface area contributed by atoms with Crippen LogP contribution in [-0.2, 0) is 0 Å². The molecule has 0 aromatic heterocycles. The third-order valence-electron chi connectivity index (χ3n) is 1.95. The Morgan fingerprint density at radius 1 is 1.27 bits per heavy atom. The molecule has 0 aliphatic carbocycles. The molecule has 0 unspecified atom stereocenters. The first-order chi connectivity index (χ1) is 6.90. The van der Waals surface area contributed by atoms with Crippen molar-refractivity contribution in [3.63, 3.8) is 0 Å². The highest BCUT2D eigenvalue weighted by atomic mass is 16.4. The molecule has 1 N–H and O–H groups in total. The highest BCUT2D eigenvalue weighted by molar-refractivity contribution is 5.92. The van der Waals surface area contributed by atoms with E-state index in [1.807, 2.05) is 24.3 Å². The number of carbonyl (C=O) groups is 1. The van der Waals surface area contributed by atoms with E-state index in [1.165, 1.54) is 0 Å². The molecule has 0 heterocycles. The first-order valence-corrected chi connectivity index (χ1v) is 4.92. The molecule has 2 heteroatoms. The molecule has 80 valence electrons. The topological polar surface area (TPSA) is 37.3 Å². The number of rotatable bonds is 2. The van der Waals surface area contributed by atoms with E-state index in [2.05, 4.69) is 20.8 Å². The highest BCUT2D eigenvalue weighted by Gasteiger charge is 2.08. The maximum atomic E-state index is 10.9. The van der Waals surface area contributed by atoms with Crippen LogP contribution in [0.15, 0.2) is 30.3 Å². The molecule has 0 bridgehead atoms. The number of allylic oxidation sites excluding steroid dienone is 1. The van der Waals surface area contributed by atoms with Gasteiger partial charge in [-0.25, -0.2) is 4.79 Å². The number of aromatic carboxylic acids is 1. The van der Waals surface area contributed by atoms with Gasteiger partial charge in [0, 0.05) is 0 Å². The zero-order valence-electron chi connectivity index (χ0n) is 9.32. The number of hydrogen-bond acceptors (Lipinski definition) is 1. The van der Waals surface area contributed by atoms with Crippen molar-refractivity contribution < 1.29 is 9.90 Å². The fourth-order valence-corrected chi connectivity index (χ4v) is 1.18. The van der Waals surface area contributed by atoms with Crippen molar-refractivity contribution in [2.24, 2.45) is 5.41 Å². The van der Waals surface area contributed by atoms with Crippen LogP contribution in [0.3, 0.4) is 0 Å². The molecule has 0 spiro atoms. The molecular formula is C13H16O2. The van der Waals surface area contributed by atoms with Crippen molar-refractivity contribution >= 4 is 12.0 Å². The van der Waals surface area contributed by atoms with Crippen LogP contribution in [0.4, 0.5) is 0 Å². The fraction of sp³-hybridized carbons (Fsp3) is 0.308. The van der Waals surface area contributed by atoms with E-state index in [1.54, 1.807) is 12.1 Å². The second-order valence-electron chi connectivity index (χ2n) is 4.59. The quantitative estimate of drug-likeness (QED) is 0.801. The zero-order valence-corrected chi connectivity index (χ0v) is 9.32. The molecule has 2 nitrogen and oxygen atoms in total. The molecule has 0 aliphatic heterocycles. The molecule has 0 aliphatic rings. The molecule has 0 amide bonds. The summed E-state index contributed by atoms with van der Waals surface area (Å²) in [5, 5.41) is 8.96. The lowest BCUT2D eigenvalue weighted by molar-refractivity contribution is 0.0696. The molecule has 1 aromatic carbocycles. The maximum absolute atomic E-state index is 10.9. The molecule has 0 saturated heterocycles. The Kier molecular flexibility index (Phi) is 3.30. The third-order valence-corrected chi connectivity index (χ3v) is 1.95. The minimum atomic E-state index is -0.885. The van der Waals surface area contributed by atoms with Crippen molar-refractivity contribution in [1.82, 2.24) is 0 Å². The summed E-state index contributed by atoms with van der Waals surface area (Å²) in [4.78, 5) is 10.9. The predicted molar refractivity (Wildman–Crippen MR) is 61.9 cm³/mol. The van der Waals surface area contributed by atoms with E-state index in [9.17, 15) is 4.79 Å². The van der Waals surface area contributed by atoms with Crippen LogP contribution in [0, 0.1) is 5.41 Å². The lowest BCUT2D eigenvalue weighted by Gasteiger charge is -2.11. The molecule has 1 aromatic rings. The summed E-state index contributed by atoms with van der Waals surface area (Å²) in [5.41, 5.74) is 1.16. The van der Waals surface area contributed by atoms with Crippen molar-refractivity contribution in [2.45, 2.75) is 20.8 Å². The summed E-state index contributed by atoms with van der Waals surface area (Å²) in [6.45, 7) is 6.23. The zero-order chi connectivity index (χ0) is 11.5. The van der Waals surface area contributed by atoms with Gasteiger partial charge in [-0.3, -0.25) is 0 Å². The van der Waals surface area contributed by atoms with Gasteiger partial charge in [-0.1, -0.05) is 51.1 Å². The van der Waals surface area contributed by atoms with Crippen LogP contribution < -0.4 is 0 Å². The predicted octanol–water partition coefficient (Wildman–Crippen LogP) is 3.44. The minimum Gasteiger partial charge on any atom is -0.478 e. The summed E-state index contributed by atoms with van der Waals surface area (Å²) < 4.78 is 0. The van der Waals surface area contributed by atoms with Gasteiger partial charge in [0.05, 0.1) is 5.56 Å². The van der Waals surface area contributed by atoms with Gasteiger partial charge < -0.3 is 5.11 Å². The van der Waals surface area contributed by atoms with Crippen LogP contribution >= 0.6 is 0 Å². The number of carboxylic acids is 1. The highest BCUT2D eigenvalue weighted by Crippen LogP contribution is 2.18. The molecule has 0 fully saturated rings. The molecule has 0 radical (unpaired) electrons.